The summed E-state index contributed by atoms with van der Waals surface area (Å²) < 4.78 is 13.2. The summed E-state index contributed by atoms with van der Waals surface area (Å²) in [7, 11) is 0. The largest absolute Gasteiger partial charge is 0.317 e. The van der Waals surface area contributed by atoms with Crippen molar-refractivity contribution in [1.29, 1.82) is 0 Å². The standard InChI is InChI=1S/C12H16FN/c1-9-6-11(8-12(13)7-9)10-2-4-14-5-3-10/h6-8,10,14H,2-5H2,1H3. The van der Waals surface area contributed by atoms with Crippen molar-refractivity contribution in [2.24, 2.45) is 0 Å². The van der Waals surface area contributed by atoms with Gasteiger partial charge in [0.05, 0.1) is 0 Å². The summed E-state index contributed by atoms with van der Waals surface area (Å²) >= 11 is 0. The third-order valence-electron chi connectivity index (χ3n) is 2.88. The highest BCUT2D eigenvalue weighted by Crippen LogP contribution is 2.26. The van der Waals surface area contributed by atoms with E-state index in [1.54, 1.807) is 12.1 Å². The molecule has 1 nitrogen and oxygen atoms in total. The van der Waals surface area contributed by atoms with Crippen LogP contribution in [0.25, 0.3) is 0 Å². The molecular weight excluding hydrogens is 177 g/mol. The highest BCUT2D eigenvalue weighted by Gasteiger charge is 2.15. The predicted molar refractivity (Wildman–Crippen MR) is 56.0 cm³/mol. The zero-order chi connectivity index (χ0) is 9.97. The van der Waals surface area contributed by atoms with E-state index in [0.29, 0.717) is 5.92 Å². The van der Waals surface area contributed by atoms with Crippen molar-refractivity contribution in [1.82, 2.24) is 5.32 Å². The summed E-state index contributed by atoms with van der Waals surface area (Å²) in [4.78, 5) is 0. The van der Waals surface area contributed by atoms with Crippen LogP contribution in [-0.2, 0) is 0 Å². The van der Waals surface area contributed by atoms with Crippen LogP contribution in [0, 0.1) is 12.7 Å². The van der Waals surface area contributed by atoms with E-state index in [-0.39, 0.29) is 5.82 Å². The molecule has 0 radical (unpaired) electrons. The summed E-state index contributed by atoms with van der Waals surface area (Å²) in [5, 5.41) is 3.32. The molecule has 76 valence electrons. The van der Waals surface area contributed by atoms with E-state index in [1.165, 1.54) is 5.56 Å². The molecule has 0 spiro atoms. The average Bonchev–Trinajstić information content (AvgIpc) is 2.18. The maximum absolute atomic E-state index is 13.2. The Morgan fingerprint density at radius 3 is 2.57 bits per heavy atom. The molecule has 0 unspecified atom stereocenters. The fourth-order valence-corrected chi connectivity index (χ4v) is 2.16. The number of halogens is 1. The van der Waals surface area contributed by atoms with Gasteiger partial charge in [0.1, 0.15) is 5.82 Å². The Morgan fingerprint density at radius 1 is 1.21 bits per heavy atom. The molecule has 0 aromatic heterocycles. The number of piperidine rings is 1. The van der Waals surface area contributed by atoms with Gasteiger partial charge in [-0.2, -0.15) is 0 Å². The Kier molecular flexibility index (Phi) is 2.82. The van der Waals surface area contributed by atoms with Gasteiger partial charge in [-0.1, -0.05) is 6.07 Å². The first-order chi connectivity index (χ1) is 6.75. The van der Waals surface area contributed by atoms with Crippen molar-refractivity contribution in [2.75, 3.05) is 13.1 Å². The molecular formula is C12H16FN. The second kappa shape index (κ2) is 4.09. The minimum Gasteiger partial charge on any atom is -0.317 e. The van der Waals surface area contributed by atoms with Crippen LogP contribution in [0.3, 0.4) is 0 Å². The topological polar surface area (TPSA) is 12.0 Å². The van der Waals surface area contributed by atoms with Crippen LogP contribution in [0.5, 0.6) is 0 Å². The fourth-order valence-electron chi connectivity index (χ4n) is 2.16. The Balaban J connectivity index is 2.21. The van der Waals surface area contributed by atoms with Gasteiger partial charge >= 0.3 is 0 Å². The quantitative estimate of drug-likeness (QED) is 0.723. The van der Waals surface area contributed by atoms with E-state index in [2.05, 4.69) is 11.4 Å². The van der Waals surface area contributed by atoms with Gasteiger partial charge in [-0.3, -0.25) is 0 Å². The van der Waals surface area contributed by atoms with Gasteiger partial charge in [-0.25, -0.2) is 4.39 Å². The fraction of sp³-hybridized carbons (Fsp3) is 0.500. The molecule has 1 heterocycles. The van der Waals surface area contributed by atoms with E-state index >= 15 is 0 Å². The van der Waals surface area contributed by atoms with E-state index in [1.807, 2.05) is 6.92 Å². The van der Waals surface area contributed by atoms with Crippen LogP contribution in [0.2, 0.25) is 0 Å². The first kappa shape index (κ1) is 9.66. The molecule has 0 atom stereocenters. The van der Waals surface area contributed by atoms with Crippen LogP contribution in [0.15, 0.2) is 18.2 Å². The molecule has 1 aromatic rings. The number of nitrogens with one attached hydrogen (secondary N) is 1. The Morgan fingerprint density at radius 2 is 1.93 bits per heavy atom. The second-order valence-corrected chi connectivity index (χ2v) is 4.09. The lowest BCUT2D eigenvalue weighted by Gasteiger charge is -2.23. The SMILES string of the molecule is Cc1cc(F)cc(C2CCNCC2)c1. The normalized spacial score (nSPS) is 18.4. The number of rotatable bonds is 1. The third-order valence-corrected chi connectivity index (χ3v) is 2.88. The Bertz CT molecular complexity index is 296. The Labute approximate surface area is 84.3 Å². The highest BCUT2D eigenvalue weighted by atomic mass is 19.1. The van der Waals surface area contributed by atoms with E-state index in [4.69, 9.17) is 0 Å². The summed E-state index contributed by atoms with van der Waals surface area (Å²) in [6.07, 6.45) is 2.26. The lowest BCUT2D eigenvalue weighted by atomic mass is 9.89. The first-order valence-electron chi connectivity index (χ1n) is 5.23. The lowest BCUT2D eigenvalue weighted by molar-refractivity contribution is 0.458. The van der Waals surface area contributed by atoms with Crippen LogP contribution in [0.1, 0.15) is 29.9 Å². The first-order valence-corrected chi connectivity index (χ1v) is 5.23. The molecule has 1 N–H and O–H groups in total. The maximum Gasteiger partial charge on any atom is 0.123 e. The second-order valence-electron chi connectivity index (χ2n) is 4.09. The average molecular weight is 193 g/mol. The molecule has 1 aliphatic rings. The molecule has 0 aliphatic carbocycles. The smallest absolute Gasteiger partial charge is 0.123 e. The molecule has 0 amide bonds. The molecule has 1 aromatic carbocycles. The molecule has 1 saturated heterocycles. The number of benzene rings is 1. The zero-order valence-corrected chi connectivity index (χ0v) is 8.52. The van der Waals surface area contributed by atoms with Gasteiger partial charge in [0.15, 0.2) is 0 Å². The maximum atomic E-state index is 13.2. The molecule has 2 heteroatoms. The van der Waals surface area contributed by atoms with Crippen molar-refractivity contribution in [3.05, 3.63) is 35.1 Å². The summed E-state index contributed by atoms with van der Waals surface area (Å²) in [5.74, 6) is 0.448. The van der Waals surface area contributed by atoms with Gasteiger partial charge in [0.25, 0.3) is 0 Å². The van der Waals surface area contributed by atoms with E-state index in [0.717, 1.165) is 31.5 Å². The highest BCUT2D eigenvalue weighted by molar-refractivity contribution is 5.27. The monoisotopic (exact) mass is 193 g/mol. The van der Waals surface area contributed by atoms with Crippen molar-refractivity contribution >= 4 is 0 Å². The van der Waals surface area contributed by atoms with Gasteiger partial charge < -0.3 is 5.32 Å². The molecule has 1 fully saturated rings. The summed E-state index contributed by atoms with van der Waals surface area (Å²) in [6, 6.07) is 5.38. The van der Waals surface area contributed by atoms with Crippen LogP contribution >= 0.6 is 0 Å². The number of hydrogen-bond donors (Lipinski definition) is 1. The van der Waals surface area contributed by atoms with Gasteiger partial charge in [0.2, 0.25) is 0 Å². The van der Waals surface area contributed by atoms with Crippen molar-refractivity contribution < 1.29 is 4.39 Å². The molecule has 0 bridgehead atoms. The predicted octanol–water partition coefficient (Wildman–Crippen LogP) is 2.60. The minimum atomic E-state index is -0.0986. The molecule has 2 rings (SSSR count). The van der Waals surface area contributed by atoms with Gasteiger partial charge in [0, 0.05) is 0 Å². The third kappa shape index (κ3) is 2.13. The van der Waals surface area contributed by atoms with Gasteiger partial charge in [-0.15, -0.1) is 0 Å². The van der Waals surface area contributed by atoms with Crippen molar-refractivity contribution in [3.8, 4) is 0 Å². The molecule has 0 saturated carbocycles. The molecule has 1 aliphatic heterocycles. The van der Waals surface area contributed by atoms with Crippen LogP contribution < -0.4 is 5.32 Å². The lowest BCUT2D eigenvalue weighted by Crippen LogP contribution is -2.26. The number of hydrogen-bond acceptors (Lipinski definition) is 1. The molecule has 14 heavy (non-hydrogen) atoms. The summed E-state index contributed by atoms with van der Waals surface area (Å²) in [6.45, 7) is 4.06. The van der Waals surface area contributed by atoms with Crippen molar-refractivity contribution in [3.63, 3.8) is 0 Å². The van der Waals surface area contributed by atoms with E-state index in [9.17, 15) is 4.39 Å². The van der Waals surface area contributed by atoms with Crippen molar-refractivity contribution in [2.45, 2.75) is 25.7 Å². The number of aryl methyl sites for hydroxylation is 1. The minimum absolute atomic E-state index is 0.0986. The van der Waals surface area contributed by atoms with E-state index < -0.39 is 0 Å². The van der Waals surface area contributed by atoms with Crippen LogP contribution in [-0.4, -0.2) is 13.1 Å². The van der Waals surface area contributed by atoms with Crippen LogP contribution in [0.4, 0.5) is 4.39 Å². The van der Waals surface area contributed by atoms with Gasteiger partial charge in [-0.05, 0) is 62.0 Å². The summed E-state index contributed by atoms with van der Waals surface area (Å²) in [5.41, 5.74) is 2.20. The Hall–Kier alpha value is -0.890. The zero-order valence-electron chi connectivity index (χ0n) is 8.52.